The summed E-state index contributed by atoms with van der Waals surface area (Å²) in [5, 5.41) is 21.7. The maximum Gasteiger partial charge on any atom is 0.151 e. The number of hydrogen-bond donors (Lipinski definition) is 2. The van der Waals surface area contributed by atoms with Crippen LogP contribution in [0, 0.1) is 5.82 Å². The first kappa shape index (κ1) is 15.8. The molecule has 1 saturated heterocycles. The predicted molar refractivity (Wildman–Crippen MR) is 86.6 cm³/mol. The molecule has 2 heterocycles. The van der Waals surface area contributed by atoms with Crippen LogP contribution in [0.15, 0.2) is 42.6 Å². The summed E-state index contributed by atoms with van der Waals surface area (Å²) in [6, 6.07) is 10.1. The topological polar surface area (TPSA) is 61.3 Å². The maximum absolute atomic E-state index is 12.9. The summed E-state index contributed by atoms with van der Waals surface area (Å²) in [4.78, 5) is 2.21. The van der Waals surface area contributed by atoms with E-state index in [0.29, 0.717) is 12.6 Å². The van der Waals surface area contributed by atoms with E-state index in [1.165, 1.54) is 12.1 Å². The third-order valence-electron chi connectivity index (χ3n) is 4.16. The van der Waals surface area contributed by atoms with Crippen LogP contribution in [0.1, 0.15) is 24.5 Å². The van der Waals surface area contributed by atoms with Gasteiger partial charge in [0.2, 0.25) is 0 Å². The number of aromatic nitrogens is 2. The highest BCUT2D eigenvalue weighted by atomic mass is 19.1. The van der Waals surface area contributed by atoms with Crippen LogP contribution in [0.2, 0.25) is 0 Å². The van der Waals surface area contributed by atoms with E-state index in [1.54, 1.807) is 18.3 Å². The van der Waals surface area contributed by atoms with Gasteiger partial charge < -0.3 is 15.3 Å². The minimum atomic E-state index is -0.637. The van der Waals surface area contributed by atoms with Gasteiger partial charge in [0.25, 0.3) is 0 Å². The summed E-state index contributed by atoms with van der Waals surface area (Å²) in [5.41, 5.74) is 0.723. The summed E-state index contributed by atoms with van der Waals surface area (Å²) in [5.74, 6) is 0.596. The molecule has 1 aliphatic rings. The summed E-state index contributed by atoms with van der Waals surface area (Å²) in [6.07, 6.45) is 3.17. The summed E-state index contributed by atoms with van der Waals surface area (Å²) >= 11 is 0. The molecule has 0 aliphatic carbocycles. The third kappa shape index (κ3) is 4.24. The molecular formula is C17H21FN4O. The summed E-state index contributed by atoms with van der Waals surface area (Å²) < 4.78 is 12.9. The van der Waals surface area contributed by atoms with Crippen molar-refractivity contribution in [3.8, 4) is 0 Å². The normalized spacial score (nSPS) is 19.6. The van der Waals surface area contributed by atoms with Crippen molar-refractivity contribution in [3.05, 3.63) is 54.0 Å². The molecule has 1 aromatic carbocycles. The van der Waals surface area contributed by atoms with Crippen molar-refractivity contribution in [1.29, 1.82) is 0 Å². The van der Waals surface area contributed by atoms with Crippen LogP contribution in [0.4, 0.5) is 10.2 Å². The Morgan fingerprint density at radius 1 is 1.30 bits per heavy atom. The van der Waals surface area contributed by atoms with E-state index in [-0.39, 0.29) is 5.82 Å². The van der Waals surface area contributed by atoms with Gasteiger partial charge in [0.05, 0.1) is 6.10 Å². The molecule has 1 fully saturated rings. The predicted octanol–water partition coefficient (Wildman–Crippen LogP) is 1.91. The van der Waals surface area contributed by atoms with E-state index in [1.807, 2.05) is 12.1 Å². The zero-order valence-corrected chi connectivity index (χ0v) is 12.9. The van der Waals surface area contributed by atoms with Crippen LogP contribution in [0.25, 0.3) is 0 Å². The van der Waals surface area contributed by atoms with E-state index in [0.717, 1.165) is 37.3 Å². The summed E-state index contributed by atoms with van der Waals surface area (Å²) in [7, 11) is 0. The van der Waals surface area contributed by atoms with Gasteiger partial charge in [-0.05, 0) is 42.7 Å². The van der Waals surface area contributed by atoms with Gasteiger partial charge in [-0.15, -0.1) is 5.10 Å². The highest BCUT2D eigenvalue weighted by Gasteiger charge is 2.21. The Labute approximate surface area is 135 Å². The van der Waals surface area contributed by atoms with Gasteiger partial charge in [-0.25, -0.2) is 4.39 Å². The Hall–Kier alpha value is -2.05. The zero-order chi connectivity index (χ0) is 16.1. The Bertz CT molecular complexity index is 608. The van der Waals surface area contributed by atoms with Gasteiger partial charge in [-0.1, -0.05) is 12.1 Å². The average Bonchev–Trinajstić information content (AvgIpc) is 2.61. The standard InChI is InChI=1S/C17H21FN4O/c18-14-7-5-13(6-8-14)16(23)11-19-15-3-2-10-22(12-15)17-4-1-9-20-21-17/h1,4-9,15-16,19,23H,2-3,10-12H2/t15-,16+/m1/s1. The number of halogens is 1. The fourth-order valence-corrected chi connectivity index (χ4v) is 2.89. The van der Waals surface area contributed by atoms with Gasteiger partial charge in [-0.2, -0.15) is 5.10 Å². The van der Waals surface area contributed by atoms with E-state index >= 15 is 0 Å². The highest BCUT2D eigenvalue weighted by molar-refractivity contribution is 5.37. The van der Waals surface area contributed by atoms with Crippen molar-refractivity contribution in [2.75, 3.05) is 24.5 Å². The first-order valence-electron chi connectivity index (χ1n) is 7.92. The molecule has 2 aromatic rings. The lowest BCUT2D eigenvalue weighted by Gasteiger charge is -2.34. The largest absolute Gasteiger partial charge is 0.387 e. The monoisotopic (exact) mass is 316 g/mol. The zero-order valence-electron chi connectivity index (χ0n) is 12.9. The molecule has 2 atom stereocenters. The molecule has 0 radical (unpaired) electrons. The fraction of sp³-hybridized carbons (Fsp3) is 0.412. The maximum atomic E-state index is 12.9. The van der Waals surface area contributed by atoms with Crippen LogP contribution in [0.5, 0.6) is 0 Å². The van der Waals surface area contributed by atoms with E-state index in [9.17, 15) is 9.50 Å². The average molecular weight is 316 g/mol. The molecule has 122 valence electrons. The van der Waals surface area contributed by atoms with Gasteiger partial charge >= 0.3 is 0 Å². The SMILES string of the molecule is O[C@@H](CN[C@@H]1CCCN(c2cccnn2)C1)c1ccc(F)cc1. The summed E-state index contributed by atoms with van der Waals surface area (Å²) in [6.45, 7) is 2.26. The van der Waals surface area contributed by atoms with Crippen molar-refractivity contribution >= 4 is 5.82 Å². The lowest BCUT2D eigenvalue weighted by atomic mass is 10.0. The van der Waals surface area contributed by atoms with Gasteiger partial charge in [0, 0.05) is 31.9 Å². The van der Waals surface area contributed by atoms with Crippen molar-refractivity contribution in [3.63, 3.8) is 0 Å². The third-order valence-corrected chi connectivity index (χ3v) is 4.16. The molecule has 0 spiro atoms. The molecule has 1 aliphatic heterocycles. The minimum absolute atomic E-state index is 0.291. The first-order valence-corrected chi connectivity index (χ1v) is 7.92. The number of rotatable bonds is 5. The van der Waals surface area contributed by atoms with Gasteiger partial charge in [0.1, 0.15) is 5.82 Å². The van der Waals surface area contributed by atoms with Crippen molar-refractivity contribution in [2.45, 2.75) is 25.0 Å². The molecule has 3 rings (SSSR count). The second kappa shape index (κ2) is 7.48. The molecule has 5 nitrogen and oxygen atoms in total. The Morgan fingerprint density at radius 3 is 2.87 bits per heavy atom. The number of hydrogen-bond acceptors (Lipinski definition) is 5. The molecule has 1 aromatic heterocycles. The molecule has 0 saturated carbocycles. The number of nitrogens with one attached hydrogen (secondary N) is 1. The van der Waals surface area contributed by atoms with E-state index in [2.05, 4.69) is 20.4 Å². The van der Waals surface area contributed by atoms with Crippen molar-refractivity contribution in [2.24, 2.45) is 0 Å². The molecule has 2 N–H and O–H groups in total. The molecule has 0 bridgehead atoms. The van der Waals surface area contributed by atoms with Crippen LogP contribution < -0.4 is 10.2 Å². The van der Waals surface area contributed by atoms with Gasteiger partial charge in [-0.3, -0.25) is 0 Å². The molecule has 6 heteroatoms. The number of piperidine rings is 1. The lowest BCUT2D eigenvalue weighted by Crippen LogP contribution is -2.47. The number of aliphatic hydroxyl groups is 1. The van der Waals surface area contributed by atoms with Crippen molar-refractivity contribution < 1.29 is 9.50 Å². The van der Waals surface area contributed by atoms with E-state index in [4.69, 9.17) is 0 Å². The second-order valence-electron chi connectivity index (χ2n) is 5.84. The van der Waals surface area contributed by atoms with Gasteiger partial charge in [0.15, 0.2) is 5.82 Å². The van der Waals surface area contributed by atoms with Crippen LogP contribution in [-0.2, 0) is 0 Å². The van der Waals surface area contributed by atoms with Crippen LogP contribution >= 0.6 is 0 Å². The first-order chi connectivity index (χ1) is 11.2. The fourth-order valence-electron chi connectivity index (χ4n) is 2.89. The lowest BCUT2D eigenvalue weighted by molar-refractivity contribution is 0.168. The number of anilines is 1. The highest BCUT2D eigenvalue weighted by Crippen LogP contribution is 2.18. The van der Waals surface area contributed by atoms with E-state index < -0.39 is 6.10 Å². The quantitative estimate of drug-likeness (QED) is 0.882. The molecule has 0 amide bonds. The Kier molecular flexibility index (Phi) is 5.15. The Balaban J connectivity index is 1.53. The number of aliphatic hydroxyl groups excluding tert-OH is 1. The van der Waals surface area contributed by atoms with Crippen LogP contribution in [-0.4, -0.2) is 41.0 Å². The van der Waals surface area contributed by atoms with Crippen molar-refractivity contribution in [1.82, 2.24) is 15.5 Å². The smallest absolute Gasteiger partial charge is 0.151 e. The van der Waals surface area contributed by atoms with Crippen LogP contribution in [0.3, 0.4) is 0 Å². The molecule has 23 heavy (non-hydrogen) atoms. The number of nitrogens with zero attached hydrogens (tertiary/aromatic N) is 3. The molecule has 0 unspecified atom stereocenters. The second-order valence-corrected chi connectivity index (χ2v) is 5.84. The Morgan fingerprint density at radius 2 is 2.13 bits per heavy atom. The minimum Gasteiger partial charge on any atom is -0.387 e. The molecular weight excluding hydrogens is 295 g/mol. The number of benzene rings is 1.